The molecule has 0 aliphatic heterocycles. The van der Waals surface area contributed by atoms with E-state index in [0.717, 1.165) is 30.2 Å². The minimum absolute atomic E-state index is 0.146. The predicted molar refractivity (Wildman–Crippen MR) is 63.4 cm³/mol. The van der Waals surface area contributed by atoms with Crippen molar-refractivity contribution in [2.24, 2.45) is 0 Å². The summed E-state index contributed by atoms with van der Waals surface area (Å²) in [6.07, 6.45) is 3.62. The van der Waals surface area contributed by atoms with Gasteiger partial charge in [0.1, 0.15) is 0 Å². The number of hydrogen-bond acceptors (Lipinski definition) is 1. The lowest BCUT2D eigenvalue weighted by Crippen LogP contribution is -2.07. The Labute approximate surface area is 94.3 Å². The summed E-state index contributed by atoms with van der Waals surface area (Å²) < 4.78 is 1.14. The van der Waals surface area contributed by atoms with Crippen LogP contribution in [-0.4, -0.2) is 11.2 Å². The predicted octanol–water partition coefficient (Wildman–Crippen LogP) is 3.54. The molecule has 14 heavy (non-hydrogen) atoms. The second-order valence-electron chi connectivity index (χ2n) is 3.57. The van der Waals surface area contributed by atoms with E-state index in [0.29, 0.717) is 0 Å². The van der Waals surface area contributed by atoms with Gasteiger partial charge in [0.15, 0.2) is 0 Å². The van der Waals surface area contributed by atoms with Crippen molar-refractivity contribution >= 4 is 15.9 Å². The van der Waals surface area contributed by atoms with Crippen LogP contribution < -0.4 is 0 Å². The van der Waals surface area contributed by atoms with Crippen molar-refractivity contribution in [1.29, 1.82) is 0 Å². The topological polar surface area (TPSA) is 20.2 Å². The summed E-state index contributed by atoms with van der Waals surface area (Å²) >= 11 is 3.50. The minimum atomic E-state index is -0.146. The normalized spacial score (nSPS) is 12.8. The first-order chi connectivity index (χ1) is 6.74. The second kappa shape index (κ2) is 6.20. The van der Waals surface area contributed by atoms with E-state index in [9.17, 15) is 5.11 Å². The molecular formula is C12H17BrO. The van der Waals surface area contributed by atoms with Gasteiger partial charge in [-0.15, -0.1) is 0 Å². The summed E-state index contributed by atoms with van der Waals surface area (Å²) in [4.78, 5) is 0. The molecule has 0 saturated carbocycles. The Hall–Kier alpha value is -0.340. The smallest absolute Gasteiger partial charge is 0.0543 e. The van der Waals surface area contributed by atoms with Gasteiger partial charge in [-0.1, -0.05) is 47.5 Å². The van der Waals surface area contributed by atoms with Crippen molar-refractivity contribution in [3.63, 3.8) is 0 Å². The maximum Gasteiger partial charge on any atom is 0.0543 e. The van der Waals surface area contributed by atoms with Crippen LogP contribution in [0.2, 0.25) is 0 Å². The van der Waals surface area contributed by atoms with Crippen LogP contribution in [0.5, 0.6) is 0 Å². The highest BCUT2D eigenvalue weighted by atomic mass is 79.9. The van der Waals surface area contributed by atoms with Crippen LogP contribution in [0.1, 0.15) is 31.7 Å². The number of aliphatic hydroxyl groups is 1. The lowest BCUT2D eigenvalue weighted by molar-refractivity contribution is 0.154. The number of rotatable bonds is 5. The maximum atomic E-state index is 9.59. The van der Waals surface area contributed by atoms with Gasteiger partial charge >= 0.3 is 0 Å². The second-order valence-corrected chi connectivity index (χ2v) is 4.43. The molecular weight excluding hydrogens is 240 g/mol. The third-order valence-corrected chi connectivity index (χ3v) is 3.10. The molecule has 2 heteroatoms. The number of aryl methyl sites for hydroxylation is 1. The third kappa shape index (κ3) is 3.81. The van der Waals surface area contributed by atoms with Gasteiger partial charge in [-0.25, -0.2) is 0 Å². The molecule has 0 radical (unpaired) electrons. The zero-order valence-corrected chi connectivity index (χ0v) is 10.1. The monoisotopic (exact) mass is 256 g/mol. The zero-order valence-electron chi connectivity index (χ0n) is 8.54. The molecule has 1 nitrogen and oxygen atoms in total. The van der Waals surface area contributed by atoms with Crippen molar-refractivity contribution in [3.05, 3.63) is 34.3 Å². The fraction of sp³-hybridized carbons (Fsp3) is 0.500. The standard InChI is InChI=1S/C12H17BrO/c1-2-5-11(14)9-8-10-6-3-4-7-12(10)13/h3-4,6-7,11,14H,2,5,8-9H2,1H3. The van der Waals surface area contributed by atoms with E-state index >= 15 is 0 Å². The first-order valence-electron chi connectivity index (χ1n) is 5.15. The molecule has 0 spiro atoms. The molecule has 0 aliphatic rings. The van der Waals surface area contributed by atoms with Crippen LogP contribution in [0, 0.1) is 0 Å². The molecule has 1 aromatic rings. The Balaban J connectivity index is 2.41. The van der Waals surface area contributed by atoms with Crippen molar-refractivity contribution in [2.45, 2.75) is 38.7 Å². The van der Waals surface area contributed by atoms with Crippen LogP contribution in [0.4, 0.5) is 0 Å². The molecule has 0 heterocycles. The van der Waals surface area contributed by atoms with Gasteiger partial charge in [-0.05, 0) is 30.9 Å². The Morgan fingerprint density at radius 3 is 2.64 bits per heavy atom. The number of benzene rings is 1. The summed E-state index contributed by atoms with van der Waals surface area (Å²) in [5.41, 5.74) is 1.28. The van der Waals surface area contributed by atoms with E-state index in [1.807, 2.05) is 18.2 Å². The summed E-state index contributed by atoms with van der Waals surface area (Å²) in [5, 5.41) is 9.59. The quantitative estimate of drug-likeness (QED) is 0.855. The van der Waals surface area contributed by atoms with Crippen LogP contribution in [-0.2, 0) is 6.42 Å². The fourth-order valence-corrected chi connectivity index (χ4v) is 1.98. The van der Waals surface area contributed by atoms with Crippen molar-refractivity contribution < 1.29 is 5.11 Å². The van der Waals surface area contributed by atoms with E-state index < -0.39 is 0 Å². The summed E-state index contributed by atoms with van der Waals surface area (Å²) in [6.45, 7) is 2.10. The molecule has 1 aromatic carbocycles. The third-order valence-electron chi connectivity index (χ3n) is 2.33. The molecule has 1 rings (SSSR count). The van der Waals surface area contributed by atoms with E-state index in [1.54, 1.807) is 0 Å². The molecule has 0 saturated heterocycles. The molecule has 0 amide bonds. The molecule has 1 atom stereocenters. The highest BCUT2D eigenvalue weighted by molar-refractivity contribution is 9.10. The molecule has 0 fully saturated rings. The Bertz CT molecular complexity index is 273. The number of aliphatic hydroxyl groups excluding tert-OH is 1. The molecule has 1 N–H and O–H groups in total. The van der Waals surface area contributed by atoms with Gasteiger partial charge in [0.2, 0.25) is 0 Å². The molecule has 78 valence electrons. The number of hydrogen-bond donors (Lipinski definition) is 1. The Kier molecular flexibility index (Phi) is 5.20. The van der Waals surface area contributed by atoms with Gasteiger partial charge in [-0.3, -0.25) is 0 Å². The largest absolute Gasteiger partial charge is 0.393 e. The highest BCUT2D eigenvalue weighted by Gasteiger charge is 2.04. The fourth-order valence-electron chi connectivity index (χ4n) is 1.50. The Morgan fingerprint density at radius 2 is 2.00 bits per heavy atom. The average Bonchev–Trinajstić information content (AvgIpc) is 2.17. The molecule has 0 bridgehead atoms. The van der Waals surface area contributed by atoms with Crippen molar-refractivity contribution in [3.8, 4) is 0 Å². The van der Waals surface area contributed by atoms with Crippen LogP contribution in [0.3, 0.4) is 0 Å². The maximum absolute atomic E-state index is 9.59. The van der Waals surface area contributed by atoms with E-state index in [4.69, 9.17) is 0 Å². The summed E-state index contributed by atoms with van der Waals surface area (Å²) in [6, 6.07) is 8.19. The zero-order chi connectivity index (χ0) is 10.4. The highest BCUT2D eigenvalue weighted by Crippen LogP contribution is 2.18. The van der Waals surface area contributed by atoms with E-state index in [2.05, 4.69) is 28.9 Å². The van der Waals surface area contributed by atoms with Crippen LogP contribution in [0.15, 0.2) is 28.7 Å². The van der Waals surface area contributed by atoms with E-state index in [1.165, 1.54) is 5.56 Å². The van der Waals surface area contributed by atoms with E-state index in [-0.39, 0.29) is 6.10 Å². The van der Waals surface area contributed by atoms with Gasteiger partial charge in [-0.2, -0.15) is 0 Å². The van der Waals surface area contributed by atoms with Gasteiger partial charge < -0.3 is 5.11 Å². The summed E-state index contributed by atoms with van der Waals surface area (Å²) in [5.74, 6) is 0. The van der Waals surface area contributed by atoms with Gasteiger partial charge in [0, 0.05) is 4.47 Å². The van der Waals surface area contributed by atoms with Crippen LogP contribution in [0.25, 0.3) is 0 Å². The van der Waals surface area contributed by atoms with Crippen LogP contribution >= 0.6 is 15.9 Å². The average molecular weight is 257 g/mol. The lowest BCUT2D eigenvalue weighted by Gasteiger charge is -2.09. The molecule has 1 unspecified atom stereocenters. The van der Waals surface area contributed by atoms with Gasteiger partial charge in [0.05, 0.1) is 6.10 Å². The van der Waals surface area contributed by atoms with Gasteiger partial charge in [0.25, 0.3) is 0 Å². The number of halogens is 1. The summed E-state index contributed by atoms with van der Waals surface area (Å²) in [7, 11) is 0. The van der Waals surface area contributed by atoms with Crippen molar-refractivity contribution in [2.75, 3.05) is 0 Å². The Morgan fingerprint density at radius 1 is 1.29 bits per heavy atom. The lowest BCUT2D eigenvalue weighted by atomic mass is 10.0. The minimum Gasteiger partial charge on any atom is -0.393 e. The van der Waals surface area contributed by atoms with Crippen molar-refractivity contribution in [1.82, 2.24) is 0 Å². The molecule has 0 aromatic heterocycles. The SMILES string of the molecule is CCCC(O)CCc1ccccc1Br. The first-order valence-corrected chi connectivity index (χ1v) is 5.94. The molecule has 0 aliphatic carbocycles. The first kappa shape index (κ1) is 11.7.